The lowest BCUT2D eigenvalue weighted by molar-refractivity contribution is 0.0458. The van der Waals surface area contributed by atoms with E-state index in [1.807, 2.05) is 22.7 Å². The summed E-state index contributed by atoms with van der Waals surface area (Å²) in [6.45, 7) is 5.79. The minimum absolute atomic E-state index is 0.0294. The highest BCUT2D eigenvalue weighted by Gasteiger charge is 2.23. The number of hydrogen-bond acceptors (Lipinski definition) is 4. The second-order valence-electron chi connectivity index (χ2n) is 6.48. The Morgan fingerprint density at radius 2 is 2.08 bits per heavy atom. The van der Waals surface area contributed by atoms with Crippen LogP contribution in [0.15, 0.2) is 18.2 Å². The molecule has 2 saturated heterocycles. The van der Waals surface area contributed by atoms with Gasteiger partial charge in [0.15, 0.2) is 0 Å². The third kappa shape index (κ3) is 4.16. The maximum atomic E-state index is 12.5. The molecule has 2 aliphatic heterocycles. The zero-order chi connectivity index (χ0) is 16.9. The Hall–Kier alpha value is -1.40. The molecular weight excluding hydrogens is 322 g/mol. The maximum Gasteiger partial charge on any atom is 0.321 e. The van der Waals surface area contributed by atoms with Crippen molar-refractivity contribution < 1.29 is 9.53 Å². The van der Waals surface area contributed by atoms with Crippen molar-refractivity contribution in [2.45, 2.75) is 25.9 Å². The third-order valence-electron chi connectivity index (χ3n) is 4.80. The number of ether oxygens (including phenoxy) is 1. The summed E-state index contributed by atoms with van der Waals surface area (Å²) in [5.41, 5.74) is 3.37. The Bertz CT molecular complexity index is 575. The van der Waals surface area contributed by atoms with Crippen molar-refractivity contribution in [3.8, 4) is 0 Å². The Labute approximate surface area is 148 Å². The number of likely N-dealkylation sites (tertiary alicyclic amines) is 1. The van der Waals surface area contributed by atoms with Crippen molar-refractivity contribution in [2.75, 3.05) is 55.0 Å². The number of carbonyl (C=O) groups excluding carboxylic acids is 1. The maximum absolute atomic E-state index is 12.5. The van der Waals surface area contributed by atoms with Crippen molar-refractivity contribution in [3.63, 3.8) is 0 Å². The first kappa shape index (κ1) is 17.4. The molecule has 5 nitrogen and oxygen atoms in total. The van der Waals surface area contributed by atoms with Crippen LogP contribution in [-0.4, -0.2) is 61.8 Å². The minimum Gasteiger partial charge on any atom is -0.380 e. The van der Waals surface area contributed by atoms with Crippen molar-refractivity contribution in [2.24, 2.45) is 0 Å². The molecule has 2 fully saturated rings. The van der Waals surface area contributed by atoms with Crippen molar-refractivity contribution in [1.29, 1.82) is 0 Å². The van der Waals surface area contributed by atoms with Gasteiger partial charge < -0.3 is 19.9 Å². The lowest BCUT2D eigenvalue weighted by Crippen LogP contribution is -2.44. The molecule has 1 N–H and O–H groups in total. The van der Waals surface area contributed by atoms with E-state index in [2.05, 4.69) is 29.3 Å². The van der Waals surface area contributed by atoms with Crippen LogP contribution < -0.4 is 10.2 Å². The Morgan fingerprint density at radius 1 is 1.29 bits per heavy atom. The zero-order valence-corrected chi connectivity index (χ0v) is 15.4. The topological polar surface area (TPSA) is 44.8 Å². The van der Waals surface area contributed by atoms with E-state index in [9.17, 15) is 4.79 Å². The van der Waals surface area contributed by atoms with E-state index >= 15 is 0 Å². The van der Waals surface area contributed by atoms with Gasteiger partial charge in [0.2, 0.25) is 0 Å². The largest absolute Gasteiger partial charge is 0.380 e. The Morgan fingerprint density at radius 3 is 2.79 bits per heavy atom. The molecular formula is C18H27N3O2S. The van der Waals surface area contributed by atoms with Gasteiger partial charge in [0.25, 0.3) is 0 Å². The summed E-state index contributed by atoms with van der Waals surface area (Å²) in [7, 11) is 1.72. The average Bonchev–Trinajstić information content (AvgIpc) is 2.62. The van der Waals surface area contributed by atoms with Crippen LogP contribution in [0.5, 0.6) is 0 Å². The number of methoxy groups -OCH3 is 1. The molecule has 3 rings (SSSR count). The smallest absolute Gasteiger partial charge is 0.321 e. The van der Waals surface area contributed by atoms with Gasteiger partial charge in [-0.3, -0.25) is 0 Å². The fourth-order valence-corrected chi connectivity index (χ4v) is 4.31. The lowest BCUT2D eigenvalue weighted by Gasteiger charge is -2.32. The second-order valence-corrected chi connectivity index (χ2v) is 7.70. The molecule has 1 aromatic carbocycles. The fourth-order valence-electron chi connectivity index (χ4n) is 3.41. The van der Waals surface area contributed by atoms with Crippen LogP contribution in [0.4, 0.5) is 16.2 Å². The summed E-state index contributed by atoms with van der Waals surface area (Å²) in [6, 6.07) is 6.19. The number of aryl methyl sites for hydroxylation is 1. The van der Waals surface area contributed by atoms with E-state index in [-0.39, 0.29) is 12.1 Å². The van der Waals surface area contributed by atoms with Gasteiger partial charge in [-0.05, 0) is 43.5 Å². The summed E-state index contributed by atoms with van der Waals surface area (Å²) in [5, 5.41) is 3.04. The van der Waals surface area contributed by atoms with Gasteiger partial charge in [-0.1, -0.05) is 0 Å². The van der Waals surface area contributed by atoms with Gasteiger partial charge >= 0.3 is 6.03 Å². The number of anilines is 2. The van der Waals surface area contributed by atoms with Crippen LogP contribution in [-0.2, 0) is 4.74 Å². The van der Waals surface area contributed by atoms with Gasteiger partial charge in [-0.15, -0.1) is 0 Å². The normalized spacial score (nSPS) is 21.7. The quantitative estimate of drug-likeness (QED) is 0.910. The molecule has 6 heteroatoms. The molecule has 2 heterocycles. The molecule has 24 heavy (non-hydrogen) atoms. The molecule has 1 aromatic rings. The second kappa shape index (κ2) is 8.12. The first-order valence-corrected chi connectivity index (χ1v) is 9.85. The number of nitrogens with zero attached hydrogens (tertiary/aromatic N) is 2. The van der Waals surface area contributed by atoms with Gasteiger partial charge in [0.1, 0.15) is 0 Å². The monoisotopic (exact) mass is 349 g/mol. The standard InChI is InChI=1S/C18H27N3O2S/c1-14-12-15(5-6-17(14)20-8-10-24-11-9-20)19-18(22)21-7-3-4-16(13-21)23-2/h5-6,12,16H,3-4,7-11,13H2,1-2H3,(H,19,22). The number of benzene rings is 1. The SMILES string of the molecule is COC1CCCN(C(=O)Nc2ccc(N3CCSCC3)c(C)c2)C1. The van der Waals surface area contributed by atoms with Crippen LogP contribution in [0.2, 0.25) is 0 Å². The van der Waals surface area contributed by atoms with Crippen molar-refractivity contribution >= 4 is 29.2 Å². The molecule has 1 atom stereocenters. The van der Waals surface area contributed by atoms with Gasteiger partial charge in [0, 0.05) is 56.2 Å². The number of hydrogen-bond donors (Lipinski definition) is 1. The van der Waals surface area contributed by atoms with Crippen LogP contribution in [0.3, 0.4) is 0 Å². The highest BCUT2D eigenvalue weighted by molar-refractivity contribution is 7.99. The Balaban J connectivity index is 1.62. The van der Waals surface area contributed by atoms with E-state index < -0.39 is 0 Å². The van der Waals surface area contributed by atoms with Crippen LogP contribution in [0.1, 0.15) is 18.4 Å². The lowest BCUT2D eigenvalue weighted by atomic mass is 10.1. The third-order valence-corrected chi connectivity index (χ3v) is 5.74. The molecule has 0 aromatic heterocycles. The summed E-state index contributed by atoms with van der Waals surface area (Å²) in [6.07, 6.45) is 2.18. The zero-order valence-electron chi connectivity index (χ0n) is 14.6. The Kier molecular flexibility index (Phi) is 5.89. The predicted molar refractivity (Wildman–Crippen MR) is 101 cm³/mol. The van der Waals surface area contributed by atoms with Gasteiger partial charge in [-0.25, -0.2) is 4.79 Å². The molecule has 2 amide bonds. The first-order chi connectivity index (χ1) is 11.7. The molecule has 0 bridgehead atoms. The van der Waals surface area contributed by atoms with Crippen molar-refractivity contribution in [3.05, 3.63) is 23.8 Å². The molecule has 1 unspecified atom stereocenters. The van der Waals surface area contributed by atoms with E-state index in [0.29, 0.717) is 6.54 Å². The summed E-state index contributed by atoms with van der Waals surface area (Å²) in [5.74, 6) is 2.38. The predicted octanol–water partition coefficient (Wildman–Crippen LogP) is 3.19. The van der Waals surface area contributed by atoms with Crippen LogP contribution in [0.25, 0.3) is 0 Å². The number of piperidine rings is 1. The van der Waals surface area contributed by atoms with Crippen LogP contribution in [0, 0.1) is 6.92 Å². The van der Waals surface area contributed by atoms with Crippen molar-refractivity contribution in [1.82, 2.24) is 4.90 Å². The van der Waals surface area contributed by atoms with E-state index in [1.165, 1.54) is 22.8 Å². The summed E-state index contributed by atoms with van der Waals surface area (Å²) >= 11 is 2.01. The molecule has 2 aliphatic rings. The van der Waals surface area contributed by atoms with Crippen LogP contribution >= 0.6 is 11.8 Å². The molecule has 132 valence electrons. The summed E-state index contributed by atoms with van der Waals surface area (Å²) < 4.78 is 5.39. The highest BCUT2D eigenvalue weighted by Crippen LogP contribution is 2.26. The van der Waals surface area contributed by atoms with E-state index in [1.54, 1.807) is 7.11 Å². The number of nitrogens with one attached hydrogen (secondary N) is 1. The summed E-state index contributed by atoms with van der Waals surface area (Å²) in [4.78, 5) is 16.8. The minimum atomic E-state index is -0.0294. The molecule has 0 radical (unpaired) electrons. The average molecular weight is 350 g/mol. The molecule has 0 saturated carbocycles. The fraction of sp³-hybridized carbons (Fsp3) is 0.611. The molecule has 0 spiro atoms. The van der Waals surface area contributed by atoms with Gasteiger partial charge in [0.05, 0.1) is 6.10 Å². The number of carbonyl (C=O) groups is 1. The molecule has 0 aliphatic carbocycles. The van der Waals surface area contributed by atoms with E-state index in [0.717, 1.165) is 38.2 Å². The number of thioether (sulfide) groups is 1. The highest BCUT2D eigenvalue weighted by atomic mass is 32.2. The number of amides is 2. The number of urea groups is 1. The first-order valence-electron chi connectivity index (χ1n) is 8.69. The van der Waals surface area contributed by atoms with Gasteiger partial charge in [-0.2, -0.15) is 11.8 Å². The van der Waals surface area contributed by atoms with E-state index in [4.69, 9.17) is 4.74 Å². The number of rotatable bonds is 3.